The molecule has 8 heteroatoms. The molecule has 144 valence electrons. The van der Waals surface area contributed by atoms with Crippen LogP contribution in [0.3, 0.4) is 0 Å². The highest BCUT2D eigenvalue weighted by Gasteiger charge is 2.24. The van der Waals surface area contributed by atoms with Crippen molar-refractivity contribution in [3.8, 4) is 5.75 Å². The molecule has 3 rings (SSSR count). The van der Waals surface area contributed by atoms with E-state index in [1.807, 2.05) is 11.8 Å². The fourth-order valence-corrected chi connectivity index (χ4v) is 3.21. The van der Waals surface area contributed by atoms with Crippen LogP contribution >= 0.6 is 0 Å². The van der Waals surface area contributed by atoms with Crippen LogP contribution in [0.5, 0.6) is 5.75 Å². The molecule has 0 saturated carbocycles. The number of carbonyl (C=O) groups excluding carboxylic acids is 1. The average molecular weight is 372 g/mol. The van der Waals surface area contributed by atoms with Gasteiger partial charge in [-0.25, -0.2) is 4.79 Å². The normalized spacial score (nSPS) is 14.3. The van der Waals surface area contributed by atoms with Crippen molar-refractivity contribution < 1.29 is 9.53 Å². The smallest absolute Gasteiger partial charge is 0.332 e. The minimum absolute atomic E-state index is 0.0319. The molecular weight excluding hydrogens is 348 g/mol. The number of rotatable bonds is 4. The van der Waals surface area contributed by atoms with Crippen molar-refractivity contribution in [2.75, 3.05) is 37.7 Å². The first-order chi connectivity index (χ1) is 12.9. The highest BCUT2D eigenvalue weighted by atomic mass is 16.5. The zero-order valence-electron chi connectivity index (χ0n) is 15.8. The van der Waals surface area contributed by atoms with Gasteiger partial charge in [0.05, 0.1) is 6.61 Å². The zero-order chi connectivity index (χ0) is 19.6. The molecule has 0 aliphatic carbocycles. The summed E-state index contributed by atoms with van der Waals surface area (Å²) < 4.78 is 7.94. The topological polar surface area (TPSA) is 76.8 Å². The van der Waals surface area contributed by atoms with Gasteiger partial charge >= 0.3 is 5.69 Å². The lowest BCUT2D eigenvalue weighted by Crippen LogP contribution is -2.51. The summed E-state index contributed by atoms with van der Waals surface area (Å²) in [6.07, 6.45) is 0. The first-order valence-corrected chi connectivity index (χ1v) is 8.96. The number of carbonyl (C=O) groups is 1. The van der Waals surface area contributed by atoms with Crippen LogP contribution in [0.15, 0.2) is 39.9 Å². The highest BCUT2D eigenvalue weighted by Crippen LogP contribution is 2.17. The maximum atomic E-state index is 12.7. The predicted molar refractivity (Wildman–Crippen MR) is 103 cm³/mol. The highest BCUT2D eigenvalue weighted by molar-refractivity contribution is 5.94. The first-order valence-electron chi connectivity index (χ1n) is 8.96. The number of nitrogens with zero attached hydrogens (tertiary/aromatic N) is 4. The van der Waals surface area contributed by atoms with Gasteiger partial charge in [-0.15, -0.1) is 0 Å². The predicted octanol–water partition coefficient (Wildman–Crippen LogP) is 0.445. The van der Waals surface area contributed by atoms with Gasteiger partial charge < -0.3 is 14.5 Å². The molecule has 0 radical (unpaired) electrons. The maximum Gasteiger partial charge on any atom is 0.332 e. The second-order valence-corrected chi connectivity index (χ2v) is 6.48. The Balaban J connectivity index is 1.69. The van der Waals surface area contributed by atoms with Gasteiger partial charge in [0.15, 0.2) is 0 Å². The van der Waals surface area contributed by atoms with E-state index in [1.54, 1.807) is 36.2 Å². The lowest BCUT2D eigenvalue weighted by molar-refractivity contribution is 0.0746. The van der Waals surface area contributed by atoms with E-state index in [0.717, 1.165) is 10.3 Å². The summed E-state index contributed by atoms with van der Waals surface area (Å²) in [5.74, 6) is 1.29. The fraction of sp³-hybridized carbons (Fsp3) is 0.421. The molecule has 1 amide bonds. The van der Waals surface area contributed by atoms with Gasteiger partial charge in [-0.1, -0.05) is 0 Å². The molecular formula is C19H24N4O4. The second-order valence-electron chi connectivity index (χ2n) is 6.48. The van der Waals surface area contributed by atoms with Gasteiger partial charge in [-0.3, -0.25) is 18.7 Å². The van der Waals surface area contributed by atoms with E-state index >= 15 is 0 Å². The van der Waals surface area contributed by atoms with Crippen molar-refractivity contribution >= 4 is 11.7 Å². The maximum absolute atomic E-state index is 12.7. The summed E-state index contributed by atoms with van der Waals surface area (Å²) in [4.78, 5) is 40.5. The van der Waals surface area contributed by atoms with E-state index in [4.69, 9.17) is 4.74 Å². The Bertz CT molecular complexity index is 938. The van der Waals surface area contributed by atoms with E-state index in [9.17, 15) is 14.4 Å². The van der Waals surface area contributed by atoms with E-state index < -0.39 is 0 Å². The second kappa shape index (κ2) is 7.69. The lowest BCUT2D eigenvalue weighted by Gasteiger charge is -2.36. The number of piperazine rings is 1. The molecule has 1 fully saturated rings. The van der Waals surface area contributed by atoms with Crippen LogP contribution in [0.2, 0.25) is 0 Å². The first kappa shape index (κ1) is 18.8. The Labute approximate surface area is 157 Å². The molecule has 0 bridgehead atoms. The van der Waals surface area contributed by atoms with Crippen LogP contribution in [0.1, 0.15) is 17.3 Å². The largest absolute Gasteiger partial charge is 0.494 e. The Hall–Kier alpha value is -3.03. The van der Waals surface area contributed by atoms with Gasteiger partial charge in [0, 0.05) is 51.9 Å². The third-order valence-corrected chi connectivity index (χ3v) is 4.80. The Kier molecular flexibility index (Phi) is 5.34. The molecule has 1 saturated heterocycles. The number of anilines is 1. The third-order valence-electron chi connectivity index (χ3n) is 4.80. The minimum Gasteiger partial charge on any atom is -0.494 e. The van der Waals surface area contributed by atoms with Crippen molar-refractivity contribution in [1.82, 2.24) is 14.0 Å². The summed E-state index contributed by atoms with van der Waals surface area (Å²) in [7, 11) is 3.11. The van der Waals surface area contributed by atoms with Gasteiger partial charge in [-0.05, 0) is 31.2 Å². The van der Waals surface area contributed by atoms with Crippen molar-refractivity contribution in [3.63, 3.8) is 0 Å². The summed E-state index contributed by atoms with van der Waals surface area (Å²) in [5, 5.41) is 0. The molecule has 1 aliphatic rings. The zero-order valence-corrected chi connectivity index (χ0v) is 15.8. The molecule has 8 nitrogen and oxygen atoms in total. The lowest BCUT2D eigenvalue weighted by atomic mass is 10.1. The van der Waals surface area contributed by atoms with E-state index in [-0.39, 0.29) is 17.2 Å². The Morgan fingerprint density at radius 1 is 1.00 bits per heavy atom. The van der Waals surface area contributed by atoms with Gasteiger partial charge in [0.1, 0.15) is 11.6 Å². The number of amides is 1. The number of hydrogen-bond donors (Lipinski definition) is 0. The molecule has 0 unspecified atom stereocenters. The third kappa shape index (κ3) is 3.74. The standard InChI is InChI=1S/C19H24N4O4/c1-4-27-15-7-5-14(6-8-15)18(25)23-11-9-22(10-12-23)16-13-17(24)21(3)19(26)20(16)2/h5-8,13H,4,9-12H2,1-3H3. The molecule has 0 spiro atoms. The van der Waals surface area contributed by atoms with Crippen LogP contribution in [-0.2, 0) is 14.1 Å². The fourth-order valence-electron chi connectivity index (χ4n) is 3.21. The van der Waals surface area contributed by atoms with E-state index in [1.165, 1.54) is 17.7 Å². The van der Waals surface area contributed by atoms with Crippen molar-refractivity contribution in [3.05, 3.63) is 56.7 Å². The van der Waals surface area contributed by atoms with Crippen LogP contribution in [0.25, 0.3) is 0 Å². The average Bonchev–Trinajstić information content (AvgIpc) is 2.69. The van der Waals surface area contributed by atoms with Gasteiger partial charge in [-0.2, -0.15) is 0 Å². The molecule has 0 atom stereocenters. The van der Waals surface area contributed by atoms with Gasteiger partial charge in [0.25, 0.3) is 11.5 Å². The molecule has 2 heterocycles. The van der Waals surface area contributed by atoms with E-state index in [2.05, 4.69) is 0 Å². The minimum atomic E-state index is -0.356. The molecule has 1 aromatic carbocycles. The van der Waals surface area contributed by atoms with Crippen LogP contribution in [-0.4, -0.2) is 52.7 Å². The SMILES string of the molecule is CCOc1ccc(C(=O)N2CCN(c3cc(=O)n(C)c(=O)n3C)CC2)cc1. The number of hydrogen-bond acceptors (Lipinski definition) is 5. The van der Waals surface area contributed by atoms with Crippen LogP contribution < -0.4 is 20.9 Å². The summed E-state index contributed by atoms with van der Waals surface area (Å²) in [6, 6.07) is 8.59. The summed E-state index contributed by atoms with van der Waals surface area (Å²) in [5.41, 5.74) is -0.0701. The number of benzene rings is 1. The molecule has 0 N–H and O–H groups in total. The molecule has 1 aliphatic heterocycles. The quantitative estimate of drug-likeness (QED) is 0.779. The number of aromatic nitrogens is 2. The van der Waals surface area contributed by atoms with Crippen LogP contribution in [0, 0.1) is 0 Å². The van der Waals surface area contributed by atoms with Gasteiger partial charge in [0.2, 0.25) is 0 Å². The molecule has 1 aromatic heterocycles. The summed E-state index contributed by atoms with van der Waals surface area (Å²) >= 11 is 0. The Morgan fingerprint density at radius 3 is 2.22 bits per heavy atom. The van der Waals surface area contributed by atoms with Crippen molar-refractivity contribution in [2.24, 2.45) is 14.1 Å². The van der Waals surface area contributed by atoms with Crippen molar-refractivity contribution in [2.45, 2.75) is 6.92 Å². The van der Waals surface area contributed by atoms with Crippen molar-refractivity contribution in [1.29, 1.82) is 0 Å². The summed E-state index contributed by atoms with van der Waals surface area (Å²) in [6.45, 7) is 4.66. The monoisotopic (exact) mass is 372 g/mol. The van der Waals surface area contributed by atoms with Crippen LogP contribution in [0.4, 0.5) is 5.82 Å². The molecule has 2 aromatic rings. The number of ether oxygens (including phenoxy) is 1. The Morgan fingerprint density at radius 2 is 1.63 bits per heavy atom. The molecule has 27 heavy (non-hydrogen) atoms. The van der Waals surface area contributed by atoms with E-state index in [0.29, 0.717) is 44.2 Å².